The largest absolute Gasteiger partial charge is 0.478 e. The summed E-state index contributed by atoms with van der Waals surface area (Å²) in [4.78, 5) is 19.1. The summed E-state index contributed by atoms with van der Waals surface area (Å²) in [5, 5.41) is 15.6. The molecule has 0 aromatic rings. The quantitative estimate of drug-likeness (QED) is 0.624. The fourth-order valence-electron chi connectivity index (χ4n) is 0.893. The monoisotopic (exact) mass is 231 g/mol. The van der Waals surface area contributed by atoms with Gasteiger partial charge in [-0.1, -0.05) is 20.8 Å². The lowest BCUT2D eigenvalue weighted by atomic mass is 9.92. The molecule has 0 aliphatic heterocycles. The highest BCUT2D eigenvalue weighted by Crippen LogP contribution is 2.14. The Hall–Kier alpha value is -1.36. The van der Waals surface area contributed by atoms with E-state index in [2.05, 4.69) is 20.8 Å². The number of rotatable bonds is 5. The van der Waals surface area contributed by atoms with E-state index >= 15 is 0 Å². The molecule has 0 amide bonds. The summed E-state index contributed by atoms with van der Waals surface area (Å²) in [6, 6.07) is 0. The molecular formula is C11H21NO4. The van der Waals surface area contributed by atoms with Crippen molar-refractivity contribution in [1.82, 2.24) is 0 Å². The van der Waals surface area contributed by atoms with Gasteiger partial charge >= 0.3 is 11.9 Å². The van der Waals surface area contributed by atoms with Crippen LogP contribution in [-0.4, -0.2) is 27.7 Å². The van der Waals surface area contributed by atoms with Gasteiger partial charge in [-0.3, -0.25) is 0 Å². The van der Waals surface area contributed by atoms with Gasteiger partial charge in [0.2, 0.25) is 0 Å². The van der Waals surface area contributed by atoms with Crippen LogP contribution in [0.4, 0.5) is 0 Å². The molecule has 0 rings (SSSR count). The standard InChI is InChI=1S/C7H17N.C4H4O4/c1-4-7(8,5-2)6-3;5-3(6)1-2-4(7)8/h4-6,8H2,1-3H3;1-2H,(H,5,6)(H,7,8)/b;2-1-. The lowest BCUT2D eigenvalue weighted by Crippen LogP contribution is -2.37. The second-order valence-electron chi connectivity index (χ2n) is 3.43. The molecule has 0 radical (unpaired) electrons. The summed E-state index contributed by atoms with van der Waals surface area (Å²) in [6.45, 7) is 6.44. The van der Waals surface area contributed by atoms with Crippen LogP contribution in [0.25, 0.3) is 0 Å². The molecule has 0 heterocycles. The molecule has 0 aliphatic carbocycles. The van der Waals surface area contributed by atoms with E-state index in [-0.39, 0.29) is 5.54 Å². The summed E-state index contributed by atoms with van der Waals surface area (Å²) in [5.41, 5.74) is 6.02. The Kier molecular flexibility index (Phi) is 9.49. The molecule has 5 nitrogen and oxygen atoms in total. The summed E-state index contributed by atoms with van der Waals surface area (Å²) in [6.07, 6.45) is 4.41. The van der Waals surface area contributed by atoms with Crippen molar-refractivity contribution in [2.45, 2.75) is 45.6 Å². The first kappa shape index (κ1) is 17.0. The summed E-state index contributed by atoms with van der Waals surface area (Å²) < 4.78 is 0. The van der Waals surface area contributed by atoms with Gasteiger partial charge in [0.25, 0.3) is 0 Å². The molecule has 0 saturated heterocycles. The van der Waals surface area contributed by atoms with Crippen molar-refractivity contribution in [2.24, 2.45) is 5.73 Å². The summed E-state index contributed by atoms with van der Waals surface area (Å²) >= 11 is 0. The number of aliphatic carboxylic acids is 2. The zero-order chi connectivity index (χ0) is 13.2. The fourth-order valence-corrected chi connectivity index (χ4v) is 0.893. The minimum Gasteiger partial charge on any atom is -0.478 e. The normalized spacial score (nSPS) is 10.8. The van der Waals surface area contributed by atoms with Crippen LogP contribution < -0.4 is 5.73 Å². The van der Waals surface area contributed by atoms with E-state index in [9.17, 15) is 9.59 Å². The van der Waals surface area contributed by atoms with Crippen molar-refractivity contribution in [3.05, 3.63) is 12.2 Å². The second kappa shape index (κ2) is 8.91. The molecule has 0 bridgehead atoms. The van der Waals surface area contributed by atoms with Gasteiger partial charge in [0.1, 0.15) is 0 Å². The topological polar surface area (TPSA) is 101 Å². The lowest BCUT2D eigenvalue weighted by Gasteiger charge is -2.23. The first-order chi connectivity index (χ1) is 7.31. The van der Waals surface area contributed by atoms with Gasteiger partial charge in [0.15, 0.2) is 0 Å². The van der Waals surface area contributed by atoms with Crippen LogP contribution in [-0.2, 0) is 9.59 Å². The third-order valence-corrected chi connectivity index (χ3v) is 2.48. The minimum absolute atomic E-state index is 0.125. The maximum absolute atomic E-state index is 9.55. The molecule has 0 atom stereocenters. The fraction of sp³-hybridized carbons (Fsp3) is 0.636. The van der Waals surface area contributed by atoms with Crippen LogP contribution in [0.15, 0.2) is 12.2 Å². The van der Waals surface area contributed by atoms with Gasteiger partial charge in [-0.25, -0.2) is 9.59 Å². The molecule has 0 aromatic heterocycles. The van der Waals surface area contributed by atoms with Crippen LogP contribution in [0.1, 0.15) is 40.0 Å². The van der Waals surface area contributed by atoms with Crippen LogP contribution in [0, 0.1) is 0 Å². The Balaban J connectivity index is 0. The lowest BCUT2D eigenvalue weighted by molar-refractivity contribution is -0.134. The van der Waals surface area contributed by atoms with Crippen LogP contribution >= 0.6 is 0 Å². The maximum atomic E-state index is 9.55. The number of nitrogens with two attached hydrogens (primary N) is 1. The van der Waals surface area contributed by atoms with Crippen LogP contribution in [0.3, 0.4) is 0 Å². The molecule has 4 N–H and O–H groups in total. The molecule has 94 valence electrons. The van der Waals surface area contributed by atoms with Gasteiger partial charge in [-0.05, 0) is 19.3 Å². The minimum atomic E-state index is -1.26. The van der Waals surface area contributed by atoms with E-state index < -0.39 is 11.9 Å². The van der Waals surface area contributed by atoms with Gasteiger partial charge in [0, 0.05) is 17.7 Å². The zero-order valence-electron chi connectivity index (χ0n) is 10.1. The molecule has 16 heavy (non-hydrogen) atoms. The van der Waals surface area contributed by atoms with Gasteiger partial charge in [-0.15, -0.1) is 0 Å². The van der Waals surface area contributed by atoms with Gasteiger partial charge in [0.05, 0.1) is 0 Å². The Labute approximate surface area is 96.0 Å². The number of hydrogen-bond donors (Lipinski definition) is 3. The van der Waals surface area contributed by atoms with Crippen molar-refractivity contribution in [1.29, 1.82) is 0 Å². The average molecular weight is 231 g/mol. The Bertz CT molecular complexity index is 220. The first-order valence-electron chi connectivity index (χ1n) is 5.24. The second-order valence-corrected chi connectivity index (χ2v) is 3.43. The van der Waals surface area contributed by atoms with Gasteiger partial charge < -0.3 is 15.9 Å². The summed E-state index contributed by atoms with van der Waals surface area (Å²) in [7, 11) is 0. The SMILES string of the molecule is CCC(N)(CC)CC.O=C(O)/C=C\C(=O)O. The van der Waals surface area contributed by atoms with Crippen LogP contribution in [0.2, 0.25) is 0 Å². The Morgan fingerprint density at radius 2 is 1.25 bits per heavy atom. The zero-order valence-corrected chi connectivity index (χ0v) is 10.1. The first-order valence-corrected chi connectivity index (χ1v) is 5.24. The van der Waals surface area contributed by atoms with E-state index in [0.717, 1.165) is 19.3 Å². The smallest absolute Gasteiger partial charge is 0.328 e. The molecule has 0 fully saturated rings. The summed E-state index contributed by atoms with van der Waals surface area (Å²) in [5.74, 6) is -2.51. The van der Waals surface area contributed by atoms with E-state index in [1.165, 1.54) is 0 Å². The average Bonchev–Trinajstić information content (AvgIpc) is 2.26. The van der Waals surface area contributed by atoms with E-state index in [1.54, 1.807) is 0 Å². The predicted molar refractivity (Wildman–Crippen MR) is 62.2 cm³/mol. The molecule has 0 aromatic carbocycles. The van der Waals surface area contributed by atoms with Crippen molar-refractivity contribution in [3.8, 4) is 0 Å². The molecule has 0 spiro atoms. The van der Waals surface area contributed by atoms with Crippen LogP contribution in [0.5, 0.6) is 0 Å². The van der Waals surface area contributed by atoms with Crippen molar-refractivity contribution in [3.63, 3.8) is 0 Å². The van der Waals surface area contributed by atoms with E-state index in [4.69, 9.17) is 15.9 Å². The van der Waals surface area contributed by atoms with Crippen molar-refractivity contribution < 1.29 is 19.8 Å². The molecular weight excluding hydrogens is 210 g/mol. The predicted octanol–water partition coefficient (Wildman–Crippen LogP) is 1.63. The molecule has 5 heteroatoms. The Morgan fingerprint density at radius 3 is 1.31 bits per heavy atom. The number of hydrogen-bond acceptors (Lipinski definition) is 3. The number of carboxylic acid groups (broad SMARTS) is 2. The molecule has 0 aliphatic rings. The Morgan fingerprint density at radius 1 is 1.00 bits per heavy atom. The third kappa shape index (κ3) is 10.7. The molecule has 0 unspecified atom stereocenters. The maximum Gasteiger partial charge on any atom is 0.328 e. The van der Waals surface area contributed by atoms with Gasteiger partial charge in [-0.2, -0.15) is 0 Å². The number of carbonyl (C=O) groups is 2. The van der Waals surface area contributed by atoms with Crippen molar-refractivity contribution in [2.75, 3.05) is 0 Å². The third-order valence-electron chi connectivity index (χ3n) is 2.48. The number of carboxylic acids is 2. The highest BCUT2D eigenvalue weighted by Gasteiger charge is 2.15. The van der Waals surface area contributed by atoms with E-state index in [0.29, 0.717) is 12.2 Å². The van der Waals surface area contributed by atoms with Crippen molar-refractivity contribution >= 4 is 11.9 Å². The highest BCUT2D eigenvalue weighted by atomic mass is 16.4. The highest BCUT2D eigenvalue weighted by molar-refractivity contribution is 5.89. The van der Waals surface area contributed by atoms with E-state index in [1.807, 2.05) is 0 Å². The molecule has 0 saturated carbocycles.